The highest BCUT2D eigenvalue weighted by Crippen LogP contribution is 2.44. The Hall–Kier alpha value is -5.85. The molecule has 0 saturated carbocycles. The molecule has 47 heavy (non-hydrogen) atoms. The minimum atomic E-state index is -3.33. The molecule has 0 unspecified atom stereocenters. The van der Waals surface area contributed by atoms with E-state index in [-0.39, 0.29) is 79.8 Å². The summed E-state index contributed by atoms with van der Waals surface area (Å²) >= 11 is 0. The van der Waals surface area contributed by atoms with Gasteiger partial charge in [-0.05, 0) is 40.2 Å². The van der Waals surface area contributed by atoms with Gasteiger partial charge < -0.3 is 8.83 Å². The molecule has 1 aliphatic heterocycles. The number of aromatic nitrogens is 3. The minimum Gasteiger partial charge on any atom is -0.456 e. The lowest BCUT2D eigenvalue weighted by Crippen LogP contribution is -2.49. The van der Waals surface area contributed by atoms with Crippen LogP contribution in [0.5, 0.6) is 0 Å². The molecule has 1 aliphatic rings. The van der Waals surface area contributed by atoms with Crippen LogP contribution in [0.15, 0.2) is 136 Å². The molecule has 0 radical (unpaired) electrons. The Labute approximate surface area is 290 Å². The lowest BCUT2D eigenvalue weighted by molar-refractivity contribution is 0.669. The van der Waals surface area contributed by atoms with Crippen molar-refractivity contribution < 1.29 is 28.0 Å². The highest BCUT2D eigenvalue weighted by atomic mass is 28.3. The van der Waals surface area contributed by atoms with E-state index in [0.29, 0.717) is 37.9 Å². The molecule has 0 spiro atoms. The summed E-state index contributed by atoms with van der Waals surface area (Å²) in [4.78, 5) is 14.4. The van der Waals surface area contributed by atoms with Gasteiger partial charge in [0.2, 0.25) is 0 Å². The second-order valence-electron chi connectivity index (χ2n) is 11.7. The van der Waals surface area contributed by atoms with E-state index < -0.39 is 74.5 Å². The molecule has 222 valence electrons. The smallest absolute Gasteiger partial charge is 0.164 e. The molecule has 6 heteroatoms. The third-order valence-corrected chi connectivity index (χ3v) is 12.0. The SMILES string of the molecule is [2H]c1c([2H])c([2H])c(-c2nc(-c3cccc4oc5ccccc5c34)nc(-c3c([2H])c4c(c5oc6c([2H])c([2H])c([2H])c([2H])c6c35)-c3c([2H])c([2H])c([2H])c([2H])c3[Si]4(C)C)n2)c([2H])c1[2H]. The van der Waals surface area contributed by atoms with E-state index in [1.165, 1.54) is 0 Å². The van der Waals surface area contributed by atoms with Crippen LogP contribution in [0, 0.1) is 0 Å². The summed E-state index contributed by atoms with van der Waals surface area (Å²) in [5, 5.41) is 1.70. The number of fused-ring (bicyclic) bond motifs is 10. The van der Waals surface area contributed by atoms with E-state index in [4.69, 9.17) is 41.6 Å². The molecule has 0 bridgehead atoms. The van der Waals surface area contributed by atoms with E-state index in [1.807, 2.05) is 31.3 Å². The van der Waals surface area contributed by atoms with Crippen molar-refractivity contribution in [2.75, 3.05) is 0 Å². The fourth-order valence-electron chi connectivity index (χ4n) is 6.61. The summed E-state index contributed by atoms with van der Waals surface area (Å²) in [5.74, 6) is -0.681. The van der Waals surface area contributed by atoms with Gasteiger partial charge in [0.25, 0.3) is 0 Å². The second kappa shape index (κ2) is 9.58. The number of benzene rings is 6. The Morgan fingerprint density at radius 3 is 2.17 bits per heavy atom. The molecule has 9 aromatic rings. The lowest BCUT2D eigenvalue weighted by atomic mass is 9.98. The molecule has 10 rings (SSSR count). The number of hydrogen-bond acceptors (Lipinski definition) is 5. The highest BCUT2D eigenvalue weighted by Gasteiger charge is 2.40. The number of nitrogens with zero attached hydrogens (tertiary/aromatic N) is 3. The number of para-hydroxylation sites is 2. The van der Waals surface area contributed by atoms with Crippen LogP contribution in [0.25, 0.3) is 89.2 Å². The first-order valence-electron chi connectivity index (χ1n) is 21.7. The van der Waals surface area contributed by atoms with E-state index in [2.05, 4.69) is 0 Å². The van der Waals surface area contributed by atoms with Gasteiger partial charge in [0, 0.05) is 43.8 Å². The Balaban J connectivity index is 1.44. The van der Waals surface area contributed by atoms with Crippen LogP contribution in [0.2, 0.25) is 13.1 Å². The minimum absolute atomic E-state index is 0.0491. The zero-order valence-electron chi connectivity index (χ0n) is 38.7. The number of rotatable bonds is 3. The number of hydrogen-bond donors (Lipinski definition) is 0. The Bertz CT molecular complexity index is 3500. The summed E-state index contributed by atoms with van der Waals surface area (Å²) in [7, 11) is -3.33. The van der Waals surface area contributed by atoms with Gasteiger partial charge >= 0.3 is 0 Å². The third kappa shape index (κ3) is 3.73. The van der Waals surface area contributed by atoms with Crippen LogP contribution in [0.1, 0.15) is 19.2 Å². The molecular formula is C41H27N3O2Si. The molecule has 0 fully saturated rings. The van der Waals surface area contributed by atoms with Crippen LogP contribution in [-0.4, -0.2) is 23.0 Å². The van der Waals surface area contributed by atoms with Crippen LogP contribution in [0.4, 0.5) is 0 Å². The van der Waals surface area contributed by atoms with E-state index in [1.54, 1.807) is 24.3 Å². The van der Waals surface area contributed by atoms with Gasteiger partial charge in [-0.3, -0.25) is 0 Å². The topological polar surface area (TPSA) is 65.0 Å². The largest absolute Gasteiger partial charge is 0.456 e. The van der Waals surface area contributed by atoms with Crippen molar-refractivity contribution in [1.82, 2.24) is 15.0 Å². The second-order valence-corrected chi connectivity index (χ2v) is 16.0. The van der Waals surface area contributed by atoms with Crippen molar-refractivity contribution in [3.63, 3.8) is 0 Å². The molecule has 0 N–H and O–H groups in total. The zero-order chi connectivity index (χ0) is 43.5. The van der Waals surface area contributed by atoms with Crippen molar-refractivity contribution in [2.24, 2.45) is 0 Å². The van der Waals surface area contributed by atoms with Crippen LogP contribution < -0.4 is 10.4 Å². The van der Waals surface area contributed by atoms with Gasteiger partial charge in [-0.1, -0.05) is 116 Å². The fourth-order valence-corrected chi connectivity index (χ4v) is 9.35. The van der Waals surface area contributed by atoms with Crippen LogP contribution in [0.3, 0.4) is 0 Å². The maximum absolute atomic E-state index is 10.1. The average molecular weight is 636 g/mol. The van der Waals surface area contributed by atoms with Crippen LogP contribution >= 0.6 is 0 Å². The van der Waals surface area contributed by atoms with Crippen molar-refractivity contribution in [3.8, 4) is 45.3 Å². The summed E-state index contributed by atoms with van der Waals surface area (Å²) < 4.78 is 136. The predicted octanol–water partition coefficient (Wildman–Crippen LogP) is 9.47. The average Bonchev–Trinajstić information content (AvgIpc) is 3.90. The van der Waals surface area contributed by atoms with E-state index in [9.17, 15) is 1.37 Å². The first kappa shape index (κ1) is 16.1. The highest BCUT2D eigenvalue weighted by molar-refractivity contribution is 7.04. The molecular weight excluding hydrogens is 595 g/mol. The molecule has 0 aliphatic carbocycles. The molecule has 0 atom stereocenters. The van der Waals surface area contributed by atoms with Gasteiger partial charge in [-0.2, -0.15) is 0 Å². The number of furan rings is 2. The Morgan fingerprint density at radius 2 is 1.28 bits per heavy atom. The zero-order valence-corrected chi connectivity index (χ0v) is 25.7. The predicted molar refractivity (Wildman–Crippen MR) is 193 cm³/mol. The van der Waals surface area contributed by atoms with Crippen molar-refractivity contribution in [2.45, 2.75) is 13.1 Å². The third-order valence-electron chi connectivity index (χ3n) is 8.72. The monoisotopic (exact) mass is 635 g/mol. The van der Waals surface area contributed by atoms with Gasteiger partial charge in [0.15, 0.2) is 17.5 Å². The van der Waals surface area contributed by atoms with Crippen LogP contribution in [-0.2, 0) is 0 Å². The van der Waals surface area contributed by atoms with Crippen molar-refractivity contribution in [1.29, 1.82) is 0 Å². The normalized spacial score (nSPS) is 17.7. The Morgan fingerprint density at radius 1 is 0.553 bits per heavy atom. The first-order valence-corrected chi connectivity index (χ1v) is 17.7. The van der Waals surface area contributed by atoms with Gasteiger partial charge in [0.05, 0.1) is 19.2 Å². The lowest BCUT2D eigenvalue weighted by Gasteiger charge is -2.19. The maximum atomic E-state index is 10.1. The summed E-state index contributed by atoms with van der Waals surface area (Å²) in [6.45, 7) is 3.65. The van der Waals surface area contributed by atoms with Gasteiger partial charge in [0.1, 0.15) is 30.4 Å². The summed E-state index contributed by atoms with van der Waals surface area (Å²) in [6.07, 6.45) is 0. The molecule has 5 nitrogen and oxygen atoms in total. The van der Waals surface area contributed by atoms with Gasteiger partial charge in [-0.15, -0.1) is 0 Å². The standard InChI is InChI=1S/C41H27N3O2Si/c1-47(2)33-22-11-8-17-27(33)37-34(47)23-29(36-26-16-7-10-20-31(26)46-38(36)37)41-43-39(24-13-4-3-5-14-24)42-40(44-41)28-18-12-21-32-35(28)25-15-6-9-19-30(25)45-32/h3-23H,1-2H3/i3D,4D,5D,7D,8D,10D,11D,13D,14D,16D,17D,20D,22D,23D. The quantitative estimate of drug-likeness (QED) is 0.181. The van der Waals surface area contributed by atoms with E-state index in [0.717, 1.165) is 0 Å². The van der Waals surface area contributed by atoms with E-state index >= 15 is 0 Å². The molecule has 4 heterocycles. The van der Waals surface area contributed by atoms with Crippen molar-refractivity contribution >= 4 is 62.3 Å². The summed E-state index contributed by atoms with van der Waals surface area (Å²) in [6, 6.07) is 5.15. The maximum Gasteiger partial charge on any atom is 0.164 e. The molecule has 0 saturated heterocycles. The van der Waals surface area contributed by atoms with Crippen molar-refractivity contribution in [3.05, 3.63) is 127 Å². The molecule has 6 aromatic carbocycles. The van der Waals surface area contributed by atoms with Gasteiger partial charge in [-0.25, -0.2) is 15.0 Å². The summed E-state index contributed by atoms with van der Waals surface area (Å²) in [5.41, 5.74) is 0.842. The first-order chi connectivity index (χ1) is 28.9. The molecule has 3 aromatic heterocycles. The fraction of sp³-hybridized carbons (Fsp3) is 0.0488. The molecule has 0 amide bonds. The Kier molecular flexibility index (Phi) is 3.28.